The first-order chi connectivity index (χ1) is 14.5. The van der Waals surface area contributed by atoms with Crippen molar-refractivity contribution in [2.45, 2.75) is 51.6 Å². The highest BCUT2D eigenvalue weighted by Gasteiger charge is 2.25. The average Bonchev–Trinajstić information content (AvgIpc) is 2.79. The molecule has 0 aromatic heterocycles. The molecular weight excluding hydrogens is 400 g/mol. The summed E-state index contributed by atoms with van der Waals surface area (Å²) in [6, 6.07) is 7.64. The third-order valence-electron chi connectivity index (χ3n) is 5.55. The molecule has 30 heavy (non-hydrogen) atoms. The van der Waals surface area contributed by atoms with E-state index in [9.17, 15) is 4.79 Å². The van der Waals surface area contributed by atoms with Crippen LogP contribution in [0, 0.1) is 5.41 Å². The summed E-state index contributed by atoms with van der Waals surface area (Å²) in [7, 11) is 2.10. The van der Waals surface area contributed by atoms with Gasteiger partial charge in [0.2, 0.25) is 0 Å². The summed E-state index contributed by atoms with van der Waals surface area (Å²) >= 11 is 6.08. The molecule has 0 bridgehead atoms. The summed E-state index contributed by atoms with van der Waals surface area (Å²) in [6.07, 6.45) is 6.22. The maximum atomic E-state index is 12.8. The van der Waals surface area contributed by atoms with Gasteiger partial charge in [-0.2, -0.15) is 0 Å². The van der Waals surface area contributed by atoms with E-state index >= 15 is 0 Å². The predicted molar refractivity (Wildman–Crippen MR) is 123 cm³/mol. The second-order valence-corrected chi connectivity index (χ2v) is 8.16. The van der Waals surface area contributed by atoms with Crippen LogP contribution in [0.3, 0.4) is 0 Å². The Balaban J connectivity index is 1.98. The van der Waals surface area contributed by atoms with E-state index in [1.807, 2.05) is 24.3 Å². The first-order valence-corrected chi connectivity index (χ1v) is 11.1. The van der Waals surface area contributed by atoms with Crippen LogP contribution in [0.4, 0.5) is 0 Å². The lowest BCUT2D eigenvalue weighted by Gasteiger charge is -2.36. The van der Waals surface area contributed by atoms with Crippen LogP contribution in [-0.4, -0.2) is 54.8 Å². The molecule has 7 nitrogen and oxygen atoms in total. The number of carbonyl (C=O) groups excluding carboxylic acids is 1. The number of halogens is 1. The minimum absolute atomic E-state index is 0.0844. The fourth-order valence-corrected chi connectivity index (χ4v) is 3.58. The average molecular weight is 435 g/mol. The maximum Gasteiger partial charge on any atom is 0.269 e. The van der Waals surface area contributed by atoms with E-state index in [4.69, 9.17) is 22.7 Å². The lowest BCUT2D eigenvalue weighted by Crippen LogP contribution is -2.50. The van der Waals surface area contributed by atoms with Gasteiger partial charge in [0, 0.05) is 31.4 Å². The fourth-order valence-electron chi connectivity index (χ4n) is 3.49. The zero-order valence-corrected chi connectivity index (χ0v) is 18.8. The van der Waals surface area contributed by atoms with Gasteiger partial charge < -0.3 is 21.4 Å². The Hall–Kier alpha value is -2.09. The quantitative estimate of drug-likeness (QED) is 0.244. The van der Waals surface area contributed by atoms with Gasteiger partial charge in [-0.3, -0.25) is 15.2 Å². The van der Waals surface area contributed by atoms with E-state index in [0.29, 0.717) is 5.56 Å². The predicted octanol–water partition coefficient (Wildman–Crippen LogP) is 3.02. The van der Waals surface area contributed by atoms with Crippen molar-refractivity contribution in [2.75, 3.05) is 26.7 Å². The lowest BCUT2D eigenvalue weighted by atomic mass is 9.95. The van der Waals surface area contributed by atoms with Crippen molar-refractivity contribution >= 4 is 23.7 Å². The summed E-state index contributed by atoms with van der Waals surface area (Å²) in [5.74, 6) is -0.0214. The molecule has 5 N–H and O–H groups in total. The largest absolute Gasteiger partial charge is 0.383 e. The third-order valence-corrected chi connectivity index (χ3v) is 5.85. The zero-order chi connectivity index (χ0) is 21.9. The summed E-state index contributed by atoms with van der Waals surface area (Å²) < 4.78 is 0. The Labute approximate surface area is 185 Å². The van der Waals surface area contributed by atoms with E-state index in [1.54, 1.807) is 5.01 Å². The number of nitrogens with one attached hydrogen (secondary N) is 3. The number of carbonyl (C=O) groups is 1. The van der Waals surface area contributed by atoms with Crippen molar-refractivity contribution < 1.29 is 4.79 Å². The fraction of sp³-hybridized carbons (Fsp3) is 0.545. The minimum Gasteiger partial charge on any atom is -0.383 e. The van der Waals surface area contributed by atoms with Crippen molar-refractivity contribution in [3.63, 3.8) is 0 Å². The first kappa shape index (κ1) is 24.2. The Bertz CT molecular complexity index is 715. The van der Waals surface area contributed by atoms with E-state index in [-0.39, 0.29) is 22.8 Å². The topological polar surface area (TPSA) is 97.5 Å². The van der Waals surface area contributed by atoms with Gasteiger partial charge in [-0.05, 0) is 44.1 Å². The van der Waals surface area contributed by atoms with Crippen molar-refractivity contribution in [1.82, 2.24) is 20.7 Å². The van der Waals surface area contributed by atoms with Crippen LogP contribution in [0.15, 0.2) is 35.1 Å². The Morgan fingerprint density at radius 1 is 1.27 bits per heavy atom. The highest BCUT2D eigenvalue weighted by atomic mass is 35.5. The van der Waals surface area contributed by atoms with Crippen molar-refractivity contribution in [3.05, 3.63) is 46.2 Å². The van der Waals surface area contributed by atoms with Gasteiger partial charge in [-0.15, -0.1) is 0 Å². The molecule has 1 aliphatic carbocycles. The van der Waals surface area contributed by atoms with Crippen LogP contribution in [0.1, 0.15) is 54.9 Å². The van der Waals surface area contributed by atoms with Crippen LogP contribution >= 0.6 is 11.6 Å². The molecule has 0 radical (unpaired) electrons. The molecule has 1 aromatic carbocycles. The van der Waals surface area contributed by atoms with Crippen LogP contribution < -0.4 is 16.5 Å². The molecule has 8 heteroatoms. The standard InChI is InChI=1S/C22H35ClN6O/c1-3-28(2)14-13-26-16-17-9-11-18(12-10-17)22(30)27-29(21(25)20(23)15-24)19-7-5-4-6-8-19/h9-12,15,19,24,26H,3-8,13-14,16,25H2,1-2H3,(H,27,30)/b21-20-,24-15?. The Morgan fingerprint density at radius 3 is 2.53 bits per heavy atom. The monoisotopic (exact) mass is 434 g/mol. The number of allylic oxidation sites excluding steroid dienone is 1. The number of benzene rings is 1. The molecule has 166 valence electrons. The number of nitrogens with zero attached hydrogens (tertiary/aromatic N) is 2. The molecular formula is C22H35ClN6O. The highest BCUT2D eigenvalue weighted by Crippen LogP contribution is 2.24. The number of nitrogens with two attached hydrogens (primary N) is 1. The van der Waals surface area contributed by atoms with Gasteiger partial charge in [0.05, 0.1) is 11.1 Å². The van der Waals surface area contributed by atoms with Gasteiger partial charge >= 0.3 is 0 Å². The first-order valence-electron chi connectivity index (χ1n) is 10.7. The van der Waals surface area contributed by atoms with Gasteiger partial charge in [0.25, 0.3) is 5.91 Å². The van der Waals surface area contributed by atoms with Gasteiger partial charge in [0.1, 0.15) is 5.82 Å². The number of amides is 1. The molecule has 0 atom stereocenters. The Morgan fingerprint density at radius 2 is 1.93 bits per heavy atom. The molecule has 1 saturated carbocycles. The molecule has 1 aromatic rings. The van der Waals surface area contributed by atoms with Gasteiger partial charge in [-0.1, -0.05) is 49.9 Å². The van der Waals surface area contributed by atoms with Gasteiger partial charge in [0.15, 0.2) is 0 Å². The molecule has 0 heterocycles. The van der Waals surface area contributed by atoms with Crippen LogP contribution in [-0.2, 0) is 6.54 Å². The molecule has 1 fully saturated rings. The second-order valence-electron chi connectivity index (χ2n) is 7.75. The molecule has 2 rings (SSSR count). The smallest absolute Gasteiger partial charge is 0.269 e. The maximum absolute atomic E-state index is 12.8. The van der Waals surface area contributed by atoms with E-state index < -0.39 is 0 Å². The number of hydrogen-bond donors (Lipinski definition) is 4. The number of rotatable bonds is 11. The second kappa shape index (κ2) is 12.6. The normalized spacial score (nSPS) is 15.6. The van der Waals surface area contributed by atoms with E-state index in [2.05, 4.69) is 29.6 Å². The Kier molecular flexibility index (Phi) is 10.1. The summed E-state index contributed by atoms with van der Waals surface area (Å²) in [5.41, 5.74) is 10.7. The number of hydrazine groups is 1. The van der Waals surface area contributed by atoms with E-state index in [1.165, 1.54) is 6.42 Å². The molecule has 1 aliphatic rings. The molecule has 0 unspecified atom stereocenters. The van der Waals surface area contributed by atoms with Crippen LogP contribution in [0.5, 0.6) is 0 Å². The van der Waals surface area contributed by atoms with E-state index in [0.717, 1.165) is 63.6 Å². The summed E-state index contributed by atoms with van der Waals surface area (Å²) in [5, 5.41) is 12.6. The molecule has 0 saturated heterocycles. The third kappa shape index (κ3) is 7.31. The van der Waals surface area contributed by atoms with Gasteiger partial charge in [-0.25, -0.2) is 0 Å². The van der Waals surface area contributed by atoms with Crippen molar-refractivity contribution in [1.29, 1.82) is 5.41 Å². The minimum atomic E-state index is -0.234. The molecule has 0 aliphatic heterocycles. The number of likely N-dealkylation sites (N-methyl/N-ethyl adjacent to an activating group) is 1. The zero-order valence-electron chi connectivity index (χ0n) is 18.1. The summed E-state index contributed by atoms with van der Waals surface area (Å²) in [4.78, 5) is 15.1. The highest BCUT2D eigenvalue weighted by molar-refractivity contribution is 6.39. The molecule has 0 spiro atoms. The van der Waals surface area contributed by atoms with Crippen molar-refractivity contribution in [3.8, 4) is 0 Å². The van der Waals surface area contributed by atoms with Crippen LogP contribution in [0.25, 0.3) is 0 Å². The van der Waals surface area contributed by atoms with Crippen LogP contribution in [0.2, 0.25) is 0 Å². The SMILES string of the molecule is CCN(C)CCNCc1ccc(C(=O)NN(/C(N)=C(\Cl)C=N)C2CCCCC2)cc1. The summed E-state index contributed by atoms with van der Waals surface area (Å²) in [6.45, 7) is 5.86. The number of hydrogen-bond acceptors (Lipinski definition) is 6. The lowest BCUT2D eigenvalue weighted by molar-refractivity contribution is 0.0727. The molecule has 1 amide bonds. The van der Waals surface area contributed by atoms with Crippen molar-refractivity contribution in [2.24, 2.45) is 5.73 Å².